The molecule has 15 heavy (non-hydrogen) atoms. The van der Waals surface area contributed by atoms with Crippen molar-refractivity contribution in [1.82, 2.24) is 0 Å². The molecule has 0 aliphatic carbocycles. The Morgan fingerprint density at radius 1 is 0.867 bits per heavy atom. The van der Waals surface area contributed by atoms with Gasteiger partial charge in [0.1, 0.15) is 0 Å². The van der Waals surface area contributed by atoms with Crippen LogP contribution in [0.5, 0.6) is 0 Å². The number of aryl methyl sites for hydroxylation is 2. The van der Waals surface area contributed by atoms with Crippen molar-refractivity contribution in [2.75, 3.05) is 0 Å². The number of rotatable bonds is 7. The molecule has 1 aromatic carbocycles. The lowest BCUT2D eigenvalue weighted by atomic mass is 10.0. The van der Waals surface area contributed by atoms with Gasteiger partial charge in [0.15, 0.2) is 0 Å². The maximum Gasteiger partial charge on any atom is -0.0276 e. The lowest BCUT2D eigenvalue weighted by molar-refractivity contribution is 0.607. The van der Waals surface area contributed by atoms with Crippen LogP contribution in [0.1, 0.15) is 56.6 Å². The van der Waals surface area contributed by atoms with Crippen molar-refractivity contribution in [2.45, 2.75) is 58.8 Å². The van der Waals surface area contributed by atoms with E-state index in [1.807, 2.05) is 0 Å². The van der Waals surface area contributed by atoms with Crippen molar-refractivity contribution in [3.63, 3.8) is 0 Å². The first-order valence-electron chi connectivity index (χ1n) is 6.39. The number of hydrogen-bond acceptors (Lipinski definition) is 0. The molecule has 0 aromatic heterocycles. The van der Waals surface area contributed by atoms with E-state index in [1.165, 1.54) is 56.1 Å². The van der Waals surface area contributed by atoms with Gasteiger partial charge < -0.3 is 0 Å². The summed E-state index contributed by atoms with van der Waals surface area (Å²) in [4.78, 5) is 0. The molecular weight excluding hydrogens is 180 g/mol. The molecule has 0 aliphatic rings. The lowest BCUT2D eigenvalue weighted by Crippen LogP contribution is -1.89. The van der Waals surface area contributed by atoms with E-state index in [1.54, 1.807) is 0 Å². The van der Waals surface area contributed by atoms with Crippen molar-refractivity contribution in [2.24, 2.45) is 0 Å². The summed E-state index contributed by atoms with van der Waals surface area (Å²) in [5, 5.41) is 0. The van der Waals surface area contributed by atoms with Gasteiger partial charge in [-0.25, -0.2) is 0 Å². The molecule has 0 amide bonds. The summed E-state index contributed by atoms with van der Waals surface area (Å²) in [5.74, 6) is 0. The maximum atomic E-state index is 2.27. The predicted octanol–water partition coefficient (Wildman–Crippen LogP) is 4.90. The molecule has 0 nitrogen and oxygen atoms in total. The zero-order valence-electron chi connectivity index (χ0n) is 10.3. The van der Waals surface area contributed by atoms with Gasteiger partial charge in [-0.15, -0.1) is 0 Å². The molecule has 0 atom stereocenters. The summed E-state index contributed by atoms with van der Waals surface area (Å²) in [5.41, 5.74) is 2.99. The molecule has 0 aliphatic heterocycles. The van der Waals surface area contributed by atoms with Crippen LogP contribution in [0, 0.1) is 6.92 Å². The highest BCUT2D eigenvalue weighted by Gasteiger charge is 1.96. The van der Waals surface area contributed by atoms with Crippen LogP contribution >= 0.6 is 0 Å². The van der Waals surface area contributed by atoms with Crippen molar-refractivity contribution in [3.05, 3.63) is 35.4 Å². The second kappa shape index (κ2) is 7.50. The monoisotopic (exact) mass is 204 g/mol. The van der Waals surface area contributed by atoms with Gasteiger partial charge in [0.05, 0.1) is 0 Å². The van der Waals surface area contributed by atoms with Gasteiger partial charge in [0.25, 0.3) is 0 Å². The van der Waals surface area contributed by atoms with Gasteiger partial charge in [-0.2, -0.15) is 0 Å². The molecule has 0 unspecified atom stereocenters. The van der Waals surface area contributed by atoms with Crippen LogP contribution in [-0.2, 0) is 6.42 Å². The van der Waals surface area contributed by atoms with E-state index in [4.69, 9.17) is 0 Å². The van der Waals surface area contributed by atoms with E-state index >= 15 is 0 Å². The van der Waals surface area contributed by atoms with Crippen LogP contribution in [0.4, 0.5) is 0 Å². The zero-order chi connectivity index (χ0) is 10.9. The molecule has 0 N–H and O–H groups in total. The summed E-state index contributed by atoms with van der Waals surface area (Å²) < 4.78 is 0. The smallest absolute Gasteiger partial charge is 0.0276 e. The second-order valence-corrected chi connectivity index (χ2v) is 4.44. The molecule has 0 radical (unpaired) electrons. The first kappa shape index (κ1) is 12.3. The largest absolute Gasteiger partial charge is 0.0654 e. The molecule has 0 heterocycles. The van der Waals surface area contributed by atoms with Gasteiger partial charge in [-0.3, -0.25) is 0 Å². The summed E-state index contributed by atoms with van der Waals surface area (Å²) in [6.45, 7) is 4.49. The van der Waals surface area contributed by atoms with Gasteiger partial charge in [0, 0.05) is 0 Å². The third kappa shape index (κ3) is 5.01. The van der Waals surface area contributed by atoms with Crippen molar-refractivity contribution in [3.8, 4) is 0 Å². The van der Waals surface area contributed by atoms with E-state index in [-0.39, 0.29) is 0 Å². The Morgan fingerprint density at radius 2 is 1.53 bits per heavy atom. The van der Waals surface area contributed by atoms with Crippen LogP contribution in [0.3, 0.4) is 0 Å². The minimum atomic E-state index is 1.26. The molecule has 1 aromatic rings. The van der Waals surface area contributed by atoms with E-state index < -0.39 is 0 Å². The molecule has 0 saturated carbocycles. The Hall–Kier alpha value is -0.780. The highest BCUT2D eigenvalue weighted by molar-refractivity contribution is 5.25. The van der Waals surface area contributed by atoms with E-state index in [0.717, 1.165) is 0 Å². The number of benzene rings is 1. The molecule has 0 heteroatoms. The second-order valence-electron chi connectivity index (χ2n) is 4.44. The van der Waals surface area contributed by atoms with Gasteiger partial charge in [0.2, 0.25) is 0 Å². The van der Waals surface area contributed by atoms with Crippen LogP contribution in [-0.4, -0.2) is 0 Å². The molecule has 84 valence electrons. The van der Waals surface area contributed by atoms with Crippen LogP contribution in [0.15, 0.2) is 24.3 Å². The third-order valence-electron chi connectivity index (χ3n) is 3.06. The van der Waals surface area contributed by atoms with Crippen LogP contribution < -0.4 is 0 Å². The molecule has 0 spiro atoms. The molecule has 0 saturated heterocycles. The molecular formula is C15H24. The first-order chi connectivity index (χ1) is 7.34. The van der Waals surface area contributed by atoms with E-state index in [0.29, 0.717) is 0 Å². The summed E-state index contributed by atoms with van der Waals surface area (Å²) in [6, 6.07) is 8.76. The maximum absolute atomic E-state index is 2.27. The Labute approximate surface area is 94.7 Å². The molecule has 1 rings (SSSR count). The topological polar surface area (TPSA) is 0 Å². The minimum Gasteiger partial charge on any atom is -0.0654 e. The molecule has 0 fully saturated rings. The van der Waals surface area contributed by atoms with E-state index in [2.05, 4.69) is 38.1 Å². The van der Waals surface area contributed by atoms with E-state index in [9.17, 15) is 0 Å². The Kier molecular flexibility index (Phi) is 6.15. The van der Waals surface area contributed by atoms with Gasteiger partial charge >= 0.3 is 0 Å². The van der Waals surface area contributed by atoms with Crippen molar-refractivity contribution >= 4 is 0 Å². The summed E-state index contributed by atoms with van der Waals surface area (Å²) in [6.07, 6.45) is 9.61. The first-order valence-corrected chi connectivity index (χ1v) is 6.39. The normalized spacial score (nSPS) is 10.5. The SMILES string of the molecule is CCCCCCCCc1ccccc1C. The van der Waals surface area contributed by atoms with Crippen LogP contribution in [0.25, 0.3) is 0 Å². The molecule has 0 bridgehead atoms. The highest BCUT2D eigenvalue weighted by Crippen LogP contribution is 2.12. The average molecular weight is 204 g/mol. The quantitative estimate of drug-likeness (QED) is 0.554. The lowest BCUT2D eigenvalue weighted by Gasteiger charge is -2.05. The Morgan fingerprint density at radius 3 is 2.27 bits per heavy atom. The van der Waals surface area contributed by atoms with Gasteiger partial charge in [-0.05, 0) is 30.9 Å². The fourth-order valence-electron chi connectivity index (χ4n) is 1.99. The average Bonchev–Trinajstić information content (AvgIpc) is 2.25. The fourth-order valence-corrected chi connectivity index (χ4v) is 1.99. The van der Waals surface area contributed by atoms with Crippen molar-refractivity contribution in [1.29, 1.82) is 0 Å². The minimum absolute atomic E-state index is 1.26. The van der Waals surface area contributed by atoms with Crippen molar-refractivity contribution < 1.29 is 0 Å². The summed E-state index contributed by atoms with van der Waals surface area (Å²) in [7, 11) is 0. The Bertz CT molecular complexity index is 262. The predicted molar refractivity (Wildman–Crippen MR) is 68.3 cm³/mol. The Balaban J connectivity index is 2.12. The standard InChI is InChI=1S/C15H24/c1-3-4-5-6-7-8-12-15-13-10-9-11-14(15)2/h9-11,13H,3-8,12H2,1-2H3. The zero-order valence-corrected chi connectivity index (χ0v) is 10.3. The highest BCUT2D eigenvalue weighted by atomic mass is 14.0. The van der Waals surface area contributed by atoms with Crippen LogP contribution in [0.2, 0.25) is 0 Å². The van der Waals surface area contributed by atoms with Gasteiger partial charge in [-0.1, -0.05) is 63.3 Å². The third-order valence-corrected chi connectivity index (χ3v) is 3.06. The number of unbranched alkanes of at least 4 members (excludes halogenated alkanes) is 5. The fraction of sp³-hybridized carbons (Fsp3) is 0.600. The number of hydrogen-bond donors (Lipinski definition) is 0. The summed E-state index contributed by atoms with van der Waals surface area (Å²) >= 11 is 0.